The molecule has 6 heteroatoms. The van der Waals surface area contributed by atoms with Gasteiger partial charge >= 0.3 is 0 Å². The van der Waals surface area contributed by atoms with Crippen molar-refractivity contribution in [3.05, 3.63) is 78.1 Å². The third kappa shape index (κ3) is 4.07. The molecule has 0 fully saturated rings. The highest BCUT2D eigenvalue weighted by molar-refractivity contribution is 7.89. The molecule has 0 atom stereocenters. The molecule has 2 aromatic rings. The molecule has 0 N–H and O–H groups in total. The van der Waals surface area contributed by atoms with Crippen molar-refractivity contribution in [1.82, 2.24) is 4.31 Å². The van der Waals surface area contributed by atoms with E-state index in [-0.39, 0.29) is 23.5 Å². The molecule has 0 amide bonds. The number of benzene rings is 2. The smallest absolute Gasteiger partial charge is 0.207 e. The summed E-state index contributed by atoms with van der Waals surface area (Å²) >= 11 is 0. The molecule has 24 heavy (non-hydrogen) atoms. The molecule has 2 rings (SSSR count). The number of rotatable bonds is 7. The lowest BCUT2D eigenvalue weighted by Gasteiger charge is -2.21. The molecule has 0 aliphatic carbocycles. The zero-order chi connectivity index (χ0) is 17.6. The molecule has 0 spiro atoms. The van der Waals surface area contributed by atoms with Crippen LogP contribution in [0.15, 0.2) is 66.1 Å². The van der Waals surface area contributed by atoms with Crippen molar-refractivity contribution in [2.75, 3.05) is 13.1 Å². The number of sulfonamides is 1. The van der Waals surface area contributed by atoms with E-state index in [1.54, 1.807) is 6.07 Å². The molecule has 0 saturated carbocycles. The second kappa shape index (κ2) is 7.86. The molecule has 0 radical (unpaired) electrons. The van der Waals surface area contributed by atoms with E-state index in [2.05, 4.69) is 6.58 Å². The van der Waals surface area contributed by atoms with Gasteiger partial charge < -0.3 is 0 Å². The van der Waals surface area contributed by atoms with Crippen LogP contribution in [-0.2, 0) is 16.4 Å². The summed E-state index contributed by atoms with van der Waals surface area (Å²) < 4.78 is 40.2. The van der Waals surface area contributed by atoms with Gasteiger partial charge in [0.05, 0.1) is 10.5 Å². The number of hydrogen-bond acceptors (Lipinski definition) is 3. The van der Waals surface area contributed by atoms with Crippen molar-refractivity contribution in [3.8, 4) is 6.07 Å². The first-order valence-corrected chi connectivity index (χ1v) is 8.77. The molecule has 0 heterocycles. The Balaban J connectivity index is 2.28. The van der Waals surface area contributed by atoms with Crippen molar-refractivity contribution in [3.63, 3.8) is 0 Å². The molecular weight excluding hydrogens is 327 g/mol. The van der Waals surface area contributed by atoms with Crippen LogP contribution < -0.4 is 0 Å². The Kier molecular flexibility index (Phi) is 5.85. The lowest BCUT2D eigenvalue weighted by atomic mass is 10.1. The molecule has 0 aromatic heterocycles. The van der Waals surface area contributed by atoms with Gasteiger partial charge in [0.2, 0.25) is 10.0 Å². The van der Waals surface area contributed by atoms with Gasteiger partial charge in [0, 0.05) is 13.1 Å². The third-order valence-corrected chi connectivity index (χ3v) is 5.38. The molecule has 0 unspecified atom stereocenters. The summed E-state index contributed by atoms with van der Waals surface area (Å²) in [6, 6.07) is 14.4. The maximum atomic E-state index is 13.4. The number of hydrogen-bond donors (Lipinski definition) is 0. The maximum absolute atomic E-state index is 13.4. The van der Waals surface area contributed by atoms with Gasteiger partial charge in [-0.1, -0.05) is 36.4 Å². The fourth-order valence-electron chi connectivity index (χ4n) is 2.25. The van der Waals surface area contributed by atoms with E-state index in [4.69, 9.17) is 5.26 Å². The first kappa shape index (κ1) is 17.9. The van der Waals surface area contributed by atoms with Gasteiger partial charge in [0.1, 0.15) is 11.9 Å². The summed E-state index contributed by atoms with van der Waals surface area (Å²) in [4.78, 5) is -0.102. The predicted molar refractivity (Wildman–Crippen MR) is 90.2 cm³/mol. The predicted octanol–water partition coefficient (Wildman–Crippen LogP) is 3.12. The van der Waals surface area contributed by atoms with Gasteiger partial charge in [-0.25, -0.2) is 12.8 Å². The Morgan fingerprint density at radius 3 is 2.54 bits per heavy atom. The topological polar surface area (TPSA) is 61.2 Å². The highest BCUT2D eigenvalue weighted by Gasteiger charge is 2.24. The van der Waals surface area contributed by atoms with Crippen LogP contribution in [0.3, 0.4) is 0 Å². The SMILES string of the molecule is C=CCN(CCc1ccccc1)S(=O)(=O)c1ccc(F)c(C#N)c1. The number of nitriles is 1. The molecule has 0 aliphatic rings. The maximum Gasteiger partial charge on any atom is 0.243 e. The standard InChI is InChI=1S/C18H17FN2O2S/c1-2-11-21(12-10-15-6-4-3-5-7-15)24(22,23)17-8-9-18(19)16(13-17)14-20/h2-9,13H,1,10-12H2. The van der Waals surface area contributed by atoms with Crippen LogP contribution in [0.5, 0.6) is 0 Å². The molecule has 0 aliphatic heterocycles. The number of nitrogens with zero attached hydrogens (tertiary/aromatic N) is 2. The largest absolute Gasteiger partial charge is 0.243 e. The van der Waals surface area contributed by atoms with E-state index in [9.17, 15) is 12.8 Å². The van der Waals surface area contributed by atoms with Gasteiger partial charge in [-0.15, -0.1) is 6.58 Å². The Bertz CT molecular complexity index is 858. The molecule has 2 aromatic carbocycles. The second-order valence-corrected chi connectivity index (χ2v) is 7.08. The average Bonchev–Trinajstić information content (AvgIpc) is 2.59. The molecule has 0 bridgehead atoms. The highest BCUT2D eigenvalue weighted by Crippen LogP contribution is 2.19. The molecule has 0 saturated heterocycles. The van der Waals surface area contributed by atoms with Crippen molar-refractivity contribution < 1.29 is 12.8 Å². The van der Waals surface area contributed by atoms with E-state index in [1.807, 2.05) is 30.3 Å². The van der Waals surface area contributed by atoms with Crippen molar-refractivity contribution in [1.29, 1.82) is 5.26 Å². The van der Waals surface area contributed by atoms with E-state index in [1.165, 1.54) is 16.4 Å². The summed E-state index contributed by atoms with van der Waals surface area (Å²) in [5, 5.41) is 8.89. The van der Waals surface area contributed by atoms with Crippen LogP contribution in [0, 0.1) is 17.1 Å². The lowest BCUT2D eigenvalue weighted by molar-refractivity contribution is 0.445. The lowest BCUT2D eigenvalue weighted by Crippen LogP contribution is -2.33. The Morgan fingerprint density at radius 1 is 1.21 bits per heavy atom. The monoisotopic (exact) mass is 344 g/mol. The zero-order valence-electron chi connectivity index (χ0n) is 13.0. The zero-order valence-corrected chi connectivity index (χ0v) is 13.8. The van der Waals surface area contributed by atoms with Crippen molar-refractivity contribution in [2.24, 2.45) is 0 Å². The van der Waals surface area contributed by atoms with Crippen LogP contribution in [0.25, 0.3) is 0 Å². The second-order valence-electron chi connectivity index (χ2n) is 5.14. The quantitative estimate of drug-likeness (QED) is 0.725. The Morgan fingerprint density at radius 2 is 1.92 bits per heavy atom. The fraction of sp³-hybridized carbons (Fsp3) is 0.167. The van der Waals surface area contributed by atoms with Crippen molar-refractivity contribution >= 4 is 10.0 Å². The molecule has 124 valence electrons. The highest BCUT2D eigenvalue weighted by atomic mass is 32.2. The van der Waals surface area contributed by atoms with Crippen LogP contribution in [0.2, 0.25) is 0 Å². The Labute approximate surface area is 141 Å². The summed E-state index contributed by atoms with van der Waals surface area (Å²) in [7, 11) is -3.84. The summed E-state index contributed by atoms with van der Waals surface area (Å²) in [6.45, 7) is 3.99. The average molecular weight is 344 g/mol. The summed E-state index contributed by atoms with van der Waals surface area (Å²) in [5.41, 5.74) is 0.719. The third-order valence-electron chi connectivity index (χ3n) is 3.52. The van der Waals surface area contributed by atoms with Crippen molar-refractivity contribution in [2.45, 2.75) is 11.3 Å². The van der Waals surface area contributed by atoms with Crippen LogP contribution >= 0.6 is 0 Å². The molecule has 4 nitrogen and oxygen atoms in total. The van der Waals surface area contributed by atoms with Gasteiger partial charge in [-0.2, -0.15) is 9.57 Å². The fourth-order valence-corrected chi connectivity index (χ4v) is 3.69. The van der Waals surface area contributed by atoms with Crippen LogP contribution in [0.4, 0.5) is 4.39 Å². The van der Waals surface area contributed by atoms with E-state index < -0.39 is 15.8 Å². The summed E-state index contributed by atoms with van der Waals surface area (Å²) in [6.07, 6.45) is 2.04. The number of halogens is 1. The normalized spacial score (nSPS) is 11.2. The molecular formula is C18H17FN2O2S. The van der Waals surface area contributed by atoms with Crippen LogP contribution in [-0.4, -0.2) is 25.8 Å². The van der Waals surface area contributed by atoms with Gasteiger partial charge in [0.15, 0.2) is 0 Å². The summed E-state index contributed by atoms with van der Waals surface area (Å²) in [5.74, 6) is -0.740. The van der Waals surface area contributed by atoms with E-state index in [0.29, 0.717) is 6.42 Å². The minimum absolute atomic E-state index is 0.102. The first-order valence-electron chi connectivity index (χ1n) is 7.33. The minimum atomic E-state index is -3.84. The Hall–Kier alpha value is -2.49. The van der Waals surface area contributed by atoms with Gasteiger partial charge in [-0.05, 0) is 30.2 Å². The van der Waals surface area contributed by atoms with Crippen LogP contribution in [0.1, 0.15) is 11.1 Å². The van der Waals surface area contributed by atoms with Gasteiger partial charge in [0.25, 0.3) is 0 Å². The van der Waals surface area contributed by atoms with E-state index in [0.717, 1.165) is 17.7 Å². The van der Waals surface area contributed by atoms with E-state index >= 15 is 0 Å². The minimum Gasteiger partial charge on any atom is -0.207 e. The first-order chi connectivity index (χ1) is 11.5. The van der Waals surface area contributed by atoms with Gasteiger partial charge in [-0.3, -0.25) is 0 Å².